The molecule has 1 aromatic carbocycles. The lowest BCUT2D eigenvalue weighted by Crippen LogP contribution is -2.50. The van der Waals surface area contributed by atoms with Crippen LogP contribution in [0.2, 0.25) is 0 Å². The van der Waals surface area contributed by atoms with Gasteiger partial charge in [0.2, 0.25) is 5.91 Å². The van der Waals surface area contributed by atoms with E-state index in [0.29, 0.717) is 37.4 Å². The molecule has 2 aliphatic rings. The molecule has 8 nitrogen and oxygen atoms in total. The molecular formula is C22H24FN5O3. The highest BCUT2D eigenvalue weighted by Gasteiger charge is 2.48. The van der Waals surface area contributed by atoms with Crippen LogP contribution in [0, 0.1) is 12.7 Å². The highest BCUT2D eigenvalue weighted by Crippen LogP contribution is 2.29. The van der Waals surface area contributed by atoms with Crippen LogP contribution < -0.4 is 15.5 Å². The molecule has 2 aliphatic heterocycles. The summed E-state index contributed by atoms with van der Waals surface area (Å²) in [5.74, 6) is -0.844. The van der Waals surface area contributed by atoms with Crippen LogP contribution in [-0.4, -0.2) is 53.9 Å². The first-order chi connectivity index (χ1) is 14.9. The molecule has 0 radical (unpaired) electrons. The van der Waals surface area contributed by atoms with Gasteiger partial charge in [0.05, 0.1) is 5.69 Å². The number of pyridine rings is 1. The fourth-order valence-corrected chi connectivity index (χ4v) is 4.18. The number of aromatic nitrogens is 1. The van der Waals surface area contributed by atoms with E-state index in [1.54, 1.807) is 42.3 Å². The van der Waals surface area contributed by atoms with E-state index in [1.165, 1.54) is 6.07 Å². The molecule has 2 fully saturated rings. The minimum atomic E-state index is -1.35. The van der Waals surface area contributed by atoms with Crippen molar-refractivity contribution < 1.29 is 18.8 Å². The van der Waals surface area contributed by atoms with Crippen LogP contribution in [-0.2, 0) is 15.1 Å². The van der Waals surface area contributed by atoms with Crippen LogP contribution in [0.1, 0.15) is 24.1 Å². The molecule has 0 bridgehead atoms. The summed E-state index contributed by atoms with van der Waals surface area (Å²) < 4.78 is 13.9. The van der Waals surface area contributed by atoms with Crippen molar-refractivity contribution in [2.45, 2.75) is 25.3 Å². The van der Waals surface area contributed by atoms with E-state index in [-0.39, 0.29) is 24.6 Å². The molecule has 9 heteroatoms. The zero-order chi connectivity index (χ0) is 22.0. The van der Waals surface area contributed by atoms with Gasteiger partial charge < -0.3 is 15.1 Å². The molecule has 2 saturated heterocycles. The van der Waals surface area contributed by atoms with Gasteiger partial charge in [-0.25, -0.2) is 9.18 Å². The van der Waals surface area contributed by atoms with Gasteiger partial charge in [0.25, 0.3) is 5.91 Å². The van der Waals surface area contributed by atoms with Crippen LogP contribution in [0.3, 0.4) is 0 Å². The molecule has 3 heterocycles. The van der Waals surface area contributed by atoms with E-state index in [1.807, 2.05) is 6.07 Å². The zero-order valence-electron chi connectivity index (χ0n) is 17.2. The summed E-state index contributed by atoms with van der Waals surface area (Å²) in [4.78, 5) is 45.3. The van der Waals surface area contributed by atoms with Crippen LogP contribution in [0.4, 0.5) is 14.9 Å². The summed E-state index contributed by atoms with van der Waals surface area (Å²) in [5, 5.41) is 4.91. The molecule has 1 aromatic heterocycles. The van der Waals surface area contributed by atoms with Crippen molar-refractivity contribution in [2.75, 3.05) is 31.1 Å². The molecule has 4 amide bonds. The minimum Gasteiger partial charge on any atom is -0.368 e. The zero-order valence-corrected chi connectivity index (χ0v) is 17.2. The van der Waals surface area contributed by atoms with Crippen molar-refractivity contribution in [1.29, 1.82) is 0 Å². The number of carbonyl (C=O) groups excluding carboxylic acids is 3. The third-order valence-corrected chi connectivity index (χ3v) is 5.97. The molecule has 0 unspecified atom stereocenters. The van der Waals surface area contributed by atoms with E-state index in [2.05, 4.69) is 20.5 Å². The molecule has 0 spiro atoms. The standard InChI is InChI=1S/C22H24FN5O3/c1-15-16(23)5-4-6-17(15)27-11-13-28(14-12-27)19(29)8-9-22(18-7-2-3-10-24-18)20(30)25-21(31)26-22/h2-7,10H,8-9,11-14H2,1H3,(H2,25,26,30,31)/t22-/m0/s1. The number of rotatable bonds is 5. The Kier molecular flexibility index (Phi) is 5.58. The number of benzene rings is 1. The number of hydrogen-bond donors (Lipinski definition) is 2. The van der Waals surface area contributed by atoms with Gasteiger partial charge in [-0.3, -0.25) is 19.9 Å². The number of nitrogens with zero attached hydrogens (tertiary/aromatic N) is 3. The molecule has 4 rings (SSSR count). The highest BCUT2D eigenvalue weighted by molar-refractivity contribution is 6.07. The Morgan fingerprint density at radius 1 is 1.13 bits per heavy atom. The average Bonchev–Trinajstić information content (AvgIpc) is 3.08. The number of imide groups is 1. The normalized spacial score (nSPS) is 21.1. The average molecular weight is 425 g/mol. The SMILES string of the molecule is Cc1c(F)cccc1N1CCN(C(=O)CC[C@@]2(c3ccccn3)NC(=O)NC2=O)CC1. The first-order valence-electron chi connectivity index (χ1n) is 10.2. The Morgan fingerprint density at radius 2 is 1.90 bits per heavy atom. The van der Waals surface area contributed by atoms with Gasteiger partial charge >= 0.3 is 6.03 Å². The van der Waals surface area contributed by atoms with Gasteiger partial charge in [0.1, 0.15) is 5.82 Å². The van der Waals surface area contributed by atoms with E-state index in [4.69, 9.17) is 0 Å². The molecule has 0 aliphatic carbocycles. The third-order valence-electron chi connectivity index (χ3n) is 5.97. The Labute approximate surface area is 179 Å². The molecule has 2 aromatic rings. The predicted molar refractivity (Wildman–Crippen MR) is 112 cm³/mol. The first-order valence-corrected chi connectivity index (χ1v) is 10.2. The van der Waals surface area contributed by atoms with Gasteiger partial charge in [0.15, 0.2) is 5.54 Å². The van der Waals surface area contributed by atoms with Crippen molar-refractivity contribution in [3.63, 3.8) is 0 Å². The number of hydrogen-bond acceptors (Lipinski definition) is 5. The number of anilines is 1. The number of amides is 4. The van der Waals surface area contributed by atoms with Gasteiger partial charge in [0, 0.05) is 50.0 Å². The third kappa shape index (κ3) is 3.95. The quantitative estimate of drug-likeness (QED) is 0.711. The summed E-state index contributed by atoms with van der Waals surface area (Å²) in [6.07, 6.45) is 1.75. The highest BCUT2D eigenvalue weighted by atomic mass is 19.1. The lowest BCUT2D eigenvalue weighted by molar-refractivity contribution is -0.132. The molecule has 0 saturated carbocycles. The van der Waals surface area contributed by atoms with Crippen LogP contribution in [0.5, 0.6) is 0 Å². The number of nitrogens with one attached hydrogen (secondary N) is 2. The monoisotopic (exact) mass is 425 g/mol. The molecule has 1 atom stereocenters. The largest absolute Gasteiger partial charge is 0.368 e. The first kappa shape index (κ1) is 20.8. The van der Waals surface area contributed by atoms with Crippen molar-refractivity contribution >= 4 is 23.5 Å². The maximum atomic E-state index is 13.9. The second kappa shape index (κ2) is 8.33. The summed E-state index contributed by atoms with van der Waals surface area (Å²) in [6.45, 7) is 3.95. The Balaban J connectivity index is 1.40. The summed E-state index contributed by atoms with van der Waals surface area (Å²) in [6, 6.07) is 9.53. The van der Waals surface area contributed by atoms with E-state index < -0.39 is 17.5 Å². The second-order valence-electron chi connectivity index (χ2n) is 7.78. The van der Waals surface area contributed by atoms with Gasteiger partial charge in [-0.2, -0.15) is 0 Å². The maximum absolute atomic E-state index is 13.9. The Hall–Kier alpha value is -3.49. The number of piperazine rings is 1. The Bertz CT molecular complexity index is 1010. The van der Waals surface area contributed by atoms with E-state index in [9.17, 15) is 18.8 Å². The van der Waals surface area contributed by atoms with Crippen molar-refractivity contribution in [2.24, 2.45) is 0 Å². The van der Waals surface area contributed by atoms with Crippen molar-refractivity contribution in [3.8, 4) is 0 Å². The minimum absolute atomic E-state index is 0.0866. The molecular weight excluding hydrogens is 401 g/mol. The molecule has 162 valence electrons. The lowest BCUT2D eigenvalue weighted by atomic mass is 9.89. The topological polar surface area (TPSA) is 94.6 Å². The van der Waals surface area contributed by atoms with Gasteiger partial charge in [-0.05, 0) is 37.6 Å². The summed E-state index contributed by atoms with van der Waals surface area (Å²) in [5.41, 5.74) is 0.487. The predicted octanol–water partition coefficient (Wildman–Crippen LogP) is 1.69. The molecule has 31 heavy (non-hydrogen) atoms. The lowest BCUT2D eigenvalue weighted by Gasteiger charge is -2.37. The van der Waals surface area contributed by atoms with Crippen molar-refractivity contribution in [1.82, 2.24) is 20.5 Å². The fraction of sp³-hybridized carbons (Fsp3) is 0.364. The van der Waals surface area contributed by atoms with Crippen molar-refractivity contribution in [3.05, 3.63) is 59.7 Å². The summed E-state index contributed by atoms with van der Waals surface area (Å²) in [7, 11) is 0. The number of carbonyl (C=O) groups is 3. The Morgan fingerprint density at radius 3 is 2.55 bits per heavy atom. The summed E-state index contributed by atoms with van der Waals surface area (Å²) >= 11 is 0. The van der Waals surface area contributed by atoms with Gasteiger partial charge in [-0.15, -0.1) is 0 Å². The number of halogens is 1. The van der Waals surface area contributed by atoms with E-state index >= 15 is 0 Å². The maximum Gasteiger partial charge on any atom is 0.322 e. The van der Waals surface area contributed by atoms with Crippen LogP contribution in [0.25, 0.3) is 0 Å². The second-order valence-corrected chi connectivity index (χ2v) is 7.78. The van der Waals surface area contributed by atoms with Crippen LogP contribution >= 0.6 is 0 Å². The fourth-order valence-electron chi connectivity index (χ4n) is 4.18. The molecule has 2 N–H and O–H groups in total. The van der Waals surface area contributed by atoms with Gasteiger partial charge in [-0.1, -0.05) is 12.1 Å². The smallest absolute Gasteiger partial charge is 0.322 e. The number of urea groups is 1. The van der Waals surface area contributed by atoms with E-state index in [0.717, 1.165) is 5.69 Å². The van der Waals surface area contributed by atoms with Crippen LogP contribution in [0.15, 0.2) is 42.6 Å².